The van der Waals surface area contributed by atoms with Gasteiger partial charge in [0.25, 0.3) is 0 Å². The minimum absolute atomic E-state index is 0.0279. The summed E-state index contributed by atoms with van der Waals surface area (Å²) in [5, 5.41) is 0.928. The van der Waals surface area contributed by atoms with Crippen molar-refractivity contribution in [3.05, 3.63) is 65.9 Å². The van der Waals surface area contributed by atoms with Crippen LogP contribution in [0.4, 0.5) is 8.78 Å². The van der Waals surface area contributed by atoms with E-state index in [-0.39, 0.29) is 24.2 Å². The number of ether oxygens (including phenoxy) is 2. The normalized spacial score (nSPS) is 17.2. The Bertz CT molecular complexity index is 972. The molecule has 0 bridgehead atoms. The predicted molar refractivity (Wildman–Crippen MR) is 98.3 cm³/mol. The van der Waals surface area contributed by atoms with Gasteiger partial charge in [-0.05, 0) is 23.8 Å². The number of halogens is 2. The highest BCUT2D eigenvalue weighted by Gasteiger charge is 2.26. The number of amides is 1. The highest BCUT2D eigenvalue weighted by atomic mass is 19.3. The third-order valence-corrected chi connectivity index (χ3v) is 4.78. The zero-order valence-electron chi connectivity index (χ0n) is 15.0. The van der Waals surface area contributed by atoms with Crippen LogP contribution in [0.15, 0.2) is 59.2 Å². The average molecular weight is 387 g/mol. The van der Waals surface area contributed by atoms with Gasteiger partial charge < -0.3 is 18.8 Å². The number of alkyl halides is 2. The van der Waals surface area contributed by atoms with Crippen LogP contribution in [0, 0.1) is 0 Å². The Hall–Kier alpha value is -2.93. The van der Waals surface area contributed by atoms with Crippen LogP contribution >= 0.6 is 0 Å². The zero-order chi connectivity index (χ0) is 19.5. The van der Waals surface area contributed by atoms with Gasteiger partial charge in [0.05, 0.1) is 25.8 Å². The van der Waals surface area contributed by atoms with E-state index < -0.39 is 6.61 Å². The Morgan fingerprint density at radius 2 is 2.07 bits per heavy atom. The maximum absolute atomic E-state index is 12.8. The predicted octanol–water partition coefficient (Wildman–Crippen LogP) is 4.18. The Balaban J connectivity index is 1.45. The molecular weight excluding hydrogens is 368 g/mol. The second kappa shape index (κ2) is 7.98. The van der Waals surface area contributed by atoms with E-state index in [1.54, 1.807) is 23.3 Å². The fraction of sp³-hybridized carbons (Fsp3) is 0.286. The smallest absolute Gasteiger partial charge is 0.387 e. The SMILES string of the molecule is O=C(Cc1coc2ccccc12)N1CCOC(c2cccc(OC(F)F)c2)C1. The molecule has 1 unspecified atom stereocenters. The third-order valence-electron chi connectivity index (χ3n) is 4.78. The van der Waals surface area contributed by atoms with Gasteiger partial charge in [-0.15, -0.1) is 0 Å². The standard InChI is InChI=1S/C21H19F2NO4/c22-21(23)28-16-5-3-4-14(10-16)19-12-24(8-9-26-19)20(25)11-15-13-27-18-7-2-1-6-17(15)18/h1-7,10,13,19,21H,8-9,11-12H2. The van der Waals surface area contributed by atoms with Crippen molar-refractivity contribution >= 4 is 16.9 Å². The van der Waals surface area contributed by atoms with Crippen molar-refractivity contribution in [3.8, 4) is 5.75 Å². The highest BCUT2D eigenvalue weighted by molar-refractivity contribution is 5.87. The molecule has 1 aliphatic rings. The van der Waals surface area contributed by atoms with Crippen LogP contribution in [0.5, 0.6) is 5.75 Å². The largest absolute Gasteiger partial charge is 0.464 e. The molecule has 28 heavy (non-hydrogen) atoms. The fourth-order valence-corrected chi connectivity index (χ4v) is 3.41. The van der Waals surface area contributed by atoms with Crippen molar-refractivity contribution in [1.29, 1.82) is 0 Å². The molecule has 1 aliphatic heterocycles. The highest BCUT2D eigenvalue weighted by Crippen LogP contribution is 2.27. The van der Waals surface area contributed by atoms with Crippen LogP contribution in [0.25, 0.3) is 11.0 Å². The van der Waals surface area contributed by atoms with E-state index in [9.17, 15) is 13.6 Å². The molecule has 1 aromatic heterocycles. The molecule has 4 rings (SSSR count). The van der Waals surface area contributed by atoms with Gasteiger partial charge >= 0.3 is 6.61 Å². The Morgan fingerprint density at radius 1 is 1.21 bits per heavy atom. The summed E-state index contributed by atoms with van der Waals surface area (Å²) >= 11 is 0. The lowest BCUT2D eigenvalue weighted by atomic mass is 10.1. The summed E-state index contributed by atoms with van der Waals surface area (Å²) < 4.78 is 40.6. The van der Waals surface area contributed by atoms with E-state index in [1.165, 1.54) is 12.1 Å². The van der Waals surface area contributed by atoms with Gasteiger partial charge in [0.2, 0.25) is 5.91 Å². The number of nitrogens with zero attached hydrogens (tertiary/aromatic N) is 1. The molecule has 2 heterocycles. The third kappa shape index (κ3) is 3.99. The number of furan rings is 1. The first kappa shape index (κ1) is 18.4. The number of hydrogen-bond donors (Lipinski definition) is 0. The Morgan fingerprint density at radius 3 is 2.93 bits per heavy atom. The molecule has 1 fully saturated rings. The van der Waals surface area contributed by atoms with Gasteiger partial charge in [-0.25, -0.2) is 0 Å². The van der Waals surface area contributed by atoms with E-state index in [2.05, 4.69) is 4.74 Å². The maximum atomic E-state index is 12.8. The van der Waals surface area contributed by atoms with Gasteiger partial charge in [0.1, 0.15) is 17.4 Å². The summed E-state index contributed by atoms with van der Waals surface area (Å²) in [7, 11) is 0. The summed E-state index contributed by atoms with van der Waals surface area (Å²) in [6.45, 7) is -1.67. The van der Waals surface area contributed by atoms with E-state index in [0.29, 0.717) is 25.3 Å². The second-order valence-corrected chi connectivity index (χ2v) is 6.58. The number of rotatable bonds is 5. The number of morpholine rings is 1. The Kier molecular flexibility index (Phi) is 5.25. The lowest BCUT2D eigenvalue weighted by Crippen LogP contribution is -2.42. The quantitative estimate of drug-likeness (QED) is 0.659. The van der Waals surface area contributed by atoms with Crippen molar-refractivity contribution in [2.75, 3.05) is 19.7 Å². The van der Waals surface area contributed by atoms with E-state index >= 15 is 0 Å². The first-order valence-electron chi connectivity index (χ1n) is 8.99. The van der Waals surface area contributed by atoms with Gasteiger partial charge in [-0.3, -0.25) is 4.79 Å². The topological polar surface area (TPSA) is 51.9 Å². The van der Waals surface area contributed by atoms with Crippen LogP contribution in [0.1, 0.15) is 17.2 Å². The minimum Gasteiger partial charge on any atom is -0.464 e. The van der Waals surface area contributed by atoms with Crippen LogP contribution in [-0.4, -0.2) is 37.1 Å². The lowest BCUT2D eigenvalue weighted by Gasteiger charge is -2.33. The number of carbonyl (C=O) groups excluding carboxylic acids is 1. The van der Waals surface area contributed by atoms with Crippen LogP contribution in [0.3, 0.4) is 0 Å². The average Bonchev–Trinajstić information content (AvgIpc) is 3.11. The number of carbonyl (C=O) groups is 1. The summed E-state index contributed by atoms with van der Waals surface area (Å²) in [5.41, 5.74) is 2.29. The molecule has 1 amide bonds. The molecule has 7 heteroatoms. The molecule has 0 N–H and O–H groups in total. The summed E-state index contributed by atoms with van der Waals surface area (Å²) in [6.07, 6.45) is 1.46. The molecule has 0 spiro atoms. The second-order valence-electron chi connectivity index (χ2n) is 6.58. The monoisotopic (exact) mass is 387 g/mol. The lowest BCUT2D eigenvalue weighted by molar-refractivity contribution is -0.138. The molecule has 3 aromatic rings. The van der Waals surface area contributed by atoms with Crippen LogP contribution in [-0.2, 0) is 16.0 Å². The molecule has 2 aromatic carbocycles. The van der Waals surface area contributed by atoms with Crippen molar-refractivity contribution in [3.63, 3.8) is 0 Å². The molecule has 0 aliphatic carbocycles. The summed E-state index contributed by atoms with van der Waals surface area (Å²) in [6, 6.07) is 14.0. The molecule has 146 valence electrons. The van der Waals surface area contributed by atoms with Gasteiger partial charge in [-0.1, -0.05) is 30.3 Å². The Labute approximate surface area is 160 Å². The van der Waals surface area contributed by atoms with Crippen molar-refractivity contribution in [1.82, 2.24) is 4.90 Å². The fourth-order valence-electron chi connectivity index (χ4n) is 3.41. The molecule has 1 atom stereocenters. The molecular formula is C21H19F2NO4. The first-order valence-corrected chi connectivity index (χ1v) is 8.99. The number of fused-ring (bicyclic) bond motifs is 1. The molecule has 0 radical (unpaired) electrons. The first-order chi connectivity index (χ1) is 13.6. The van der Waals surface area contributed by atoms with E-state index in [1.807, 2.05) is 24.3 Å². The molecule has 0 saturated carbocycles. The molecule has 1 saturated heterocycles. The maximum Gasteiger partial charge on any atom is 0.387 e. The van der Waals surface area contributed by atoms with E-state index in [4.69, 9.17) is 9.15 Å². The summed E-state index contributed by atoms with van der Waals surface area (Å²) in [5.74, 6) is 0.0456. The van der Waals surface area contributed by atoms with Crippen LogP contribution in [0.2, 0.25) is 0 Å². The van der Waals surface area contributed by atoms with Crippen molar-refractivity contribution in [2.45, 2.75) is 19.1 Å². The van der Waals surface area contributed by atoms with Gasteiger partial charge in [0.15, 0.2) is 0 Å². The number of hydrogen-bond acceptors (Lipinski definition) is 4. The van der Waals surface area contributed by atoms with Crippen LogP contribution < -0.4 is 4.74 Å². The van der Waals surface area contributed by atoms with Crippen molar-refractivity contribution < 1.29 is 27.5 Å². The van der Waals surface area contributed by atoms with E-state index in [0.717, 1.165) is 16.5 Å². The number of para-hydroxylation sites is 1. The minimum atomic E-state index is -2.88. The van der Waals surface area contributed by atoms with Gasteiger partial charge in [0, 0.05) is 17.5 Å². The summed E-state index contributed by atoms with van der Waals surface area (Å²) in [4.78, 5) is 14.5. The number of benzene rings is 2. The van der Waals surface area contributed by atoms with Gasteiger partial charge in [-0.2, -0.15) is 8.78 Å². The zero-order valence-corrected chi connectivity index (χ0v) is 15.0. The van der Waals surface area contributed by atoms with Crippen molar-refractivity contribution in [2.24, 2.45) is 0 Å². The molecule has 5 nitrogen and oxygen atoms in total.